The molecule has 2 saturated heterocycles. The quantitative estimate of drug-likeness (QED) is 0.553. The second-order valence-corrected chi connectivity index (χ2v) is 10.7. The number of halogens is 3. The van der Waals surface area contributed by atoms with Gasteiger partial charge in [0.15, 0.2) is 0 Å². The summed E-state index contributed by atoms with van der Waals surface area (Å²) in [4.78, 5) is 16.6. The van der Waals surface area contributed by atoms with Gasteiger partial charge in [-0.25, -0.2) is 8.78 Å². The molecule has 0 radical (unpaired) electrons. The summed E-state index contributed by atoms with van der Waals surface area (Å²) in [7, 11) is 0. The third-order valence-corrected chi connectivity index (χ3v) is 8.26. The summed E-state index contributed by atoms with van der Waals surface area (Å²) in [5, 5.41) is 11.7. The Kier molecular flexibility index (Phi) is 7.29. The average molecular weight is 513 g/mol. The van der Waals surface area contributed by atoms with Crippen molar-refractivity contribution < 1.29 is 18.7 Å². The van der Waals surface area contributed by atoms with Gasteiger partial charge in [0, 0.05) is 42.2 Å². The highest BCUT2D eigenvalue weighted by Gasteiger charge is 2.39. The number of allylic oxidation sites excluding steroid dienone is 1. The van der Waals surface area contributed by atoms with Gasteiger partial charge < -0.3 is 14.9 Å². The Labute approximate surface area is 215 Å². The van der Waals surface area contributed by atoms with E-state index < -0.39 is 17.7 Å². The van der Waals surface area contributed by atoms with E-state index in [1.807, 2.05) is 12.1 Å². The number of amides is 1. The van der Waals surface area contributed by atoms with E-state index in [0.29, 0.717) is 25.2 Å². The Morgan fingerprint density at radius 2 is 1.78 bits per heavy atom. The number of carbonyl (C=O) groups excluding carboxylic acids is 1. The Morgan fingerprint density at radius 3 is 2.47 bits per heavy atom. The lowest BCUT2D eigenvalue weighted by atomic mass is 9.74. The summed E-state index contributed by atoms with van der Waals surface area (Å²) in [5.41, 5.74) is 2.98. The molecule has 1 unspecified atom stereocenters. The lowest BCUT2D eigenvalue weighted by Crippen LogP contribution is -2.47. The molecule has 0 bridgehead atoms. The average Bonchev–Trinajstić information content (AvgIpc) is 3.20. The highest BCUT2D eigenvalue weighted by atomic mass is 35.5. The second kappa shape index (κ2) is 10.4. The van der Waals surface area contributed by atoms with Crippen molar-refractivity contribution >= 4 is 29.7 Å². The molecule has 3 aliphatic rings. The van der Waals surface area contributed by atoms with Crippen molar-refractivity contribution in [2.24, 2.45) is 5.92 Å². The Balaban J connectivity index is 1.08. The van der Waals surface area contributed by atoms with Crippen molar-refractivity contribution in [2.45, 2.75) is 37.2 Å². The maximum absolute atomic E-state index is 13.3. The van der Waals surface area contributed by atoms with Crippen molar-refractivity contribution in [2.75, 3.05) is 32.7 Å². The molecule has 2 fully saturated rings. The van der Waals surface area contributed by atoms with Crippen molar-refractivity contribution in [1.82, 2.24) is 9.80 Å². The van der Waals surface area contributed by atoms with Gasteiger partial charge in [-0.15, -0.1) is 0 Å². The number of β-amino-alcohol motifs (C(OH)–C–C–N with tert-alkyl or cyclic N) is 1. The maximum Gasteiger partial charge on any atom is 0.246 e. The number of carbonyl (C=O) groups is 1. The van der Waals surface area contributed by atoms with E-state index in [9.17, 15) is 18.7 Å². The number of piperidine rings is 2. The summed E-state index contributed by atoms with van der Waals surface area (Å²) in [6.45, 7) is 3.65. The molecule has 0 saturated carbocycles. The molecule has 2 aromatic carbocycles. The van der Waals surface area contributed by atoms with Crippen LogP contribution in [0.25, 0.3) is 12.2 Å². The number of aliphatic hydroxyl groups is 1. The molecule has 1 amide bonds. The first-order chi connectivity index (χ1) is 17.3. The largest absolute Gasteiger partial charge is 0.392 e. The number of likely N-dealkylation sites (tertiary alicyclic amines) is 2. The highest BCUT2D eigenvalue weighted by Crippen LogP contribution is 2.44. The Hall–Kier alpha value is -2.54. The minimum Gasteiger partial charge on any atom is -0.392 e. The van der Waals surface area contributed by atoms with Gasteiger partial charge in [-0.05, 0) is 91.7 Å². The standard InChI is InChI=1S/C29H31ClF2N2O2/c30-23-2-3-26-22(17-23)5-8-29(26)9-13-33(14-10-29)19-27(35)21-6-11-34(12-7-21)28(36)4-1-20-15-24(31)18-25(32)16-20/h1-5,8,15-18,21,27,35H,6-7,9-14,19H2/b4-1+. The number of aliphatic hydroxyl groups excluding tert-OH is 1. The smallest absolute Gasteiger partial charge is 0.246 e. The Bertz CT molecular complexity index is 1160. The molecule has 1 aliphatic carbocycles. The third-order valence-electron chi connectivity index (χ3n) is 8.02. The van der Waals surface area contributed by atoms with Crippen molar-refractivity contribution in [3.63, 3.8) is 0 Å². The minimum atomic E-state index is -0.671. The summed E-state index contributed by atoms with van der Waals surface area (Å²) >= 11 is 6.16. The van der Waals surface area contributed by atoms with Crippen LogP contribution >= 0.6 is 11.6 Å². The van der Waals surface area contributed by atoms with E-state index in [-0.39, 0.29) is 17.2 Å². The number of nitrogens with zero attached hydrogens (tertiary/aromatic N) is 2. The van der Waals surface area contributed by atoms with Crippen LogP contribution in [-0.2, 0) is 10.2 Å². The fourth-order valence-electron chi connectivity index (χ4n) is 5.90. The van der Waals surface area contributed by atoms with Crippen molar-refractivity contribution in [3.05, 3.63) is 81.9 Å². The fraction of sp³-hybridized carbons (Fsp3) is 0.414. The first-order valence-corrected chi connectivity index (χ1v) is 13.0. The molecule has 2 aliphatic heterocycles. The van der Waals surface area contributed by atoms with Gasteiger partial charge in [-0.3, -0.25) is 4.79 Å². The summed E-state index contributed by atoms with van der Waals surface area (Å²) in [6, 6.07) is 9.34. The van der Waals surface area contributed by atoms with Gasteiger partial charge in [-0.1, -0.05) is 29.8 Å². The SMILES string of the molecule is O=C(/C=C/c1cc(F)cc(F)c1)N1CCC(C(O)CN2CCC3(C=Cc4cc(Cl)ccc43)CC2)CC1. The summed E-state index contributed by atoms with van der Waals surface area (Å²) in [5.74, 6) is -1.37. The van der Waals surface area contributed by atoms with Crippen molar-refractivity contribution in [3.8, 4) is 0 Å². The fourth-order valence-corrected chi connectivity index (χ4v) is 6.08. The first-order valence-electron chi connectivity index (χ1n) is 12.6. The lowest BCUT2D eigenvalue weighted by molar-refractivity contribution is -0.128. The molecular weight excluding hydrogens is 482 g/mol. The lowest BCUT2D eigenvalue weighted by Gasteiger charge is -2.41. The highest BCUT2D eigenvalue weighted by molar-refractivity contribution is 6.30. The van der Waals surface area contributed by atoms with Gasteiger partial charge in [-0.2, -0.15) is 0 Å². The summed E-state index contributed by atoms with van der Waals surface area (Å²) in [6.07, 6.45) is 10.4. The number of fused-ring (bicyclic) bond motifs is 2. The second-order valence-electron chi connectivity index (χ2n) is 10.3. The molecule has 0 aromatic heterocycles. The normalized spacial score (nSPS) is 20.8. The van der Waals surface area contributed by atoms with E-state index in [4.69, 9.17) is 11.6 Å². The Morgan fingerprint density at radius 1 is 1.08 bits per heavy atom. The van der Waals surface area contributed by atoms with Crippen LogP contribution in [0.5, 0.6) is 0 Å². The number of benzene rings is 2. The maximum atomic E-state index is 13.3. The molecule has 1 atom stereocenters. The van der Waals surface area contributed by atoms with Crippen LogP contribution in [-0.4, -0.2) is 59.6 Å². The van der Waals surface area contributed by atoms with E-state index in [1.54, 1.807) is 4.90 Å². The molecule has 1 spiro atoms. The van der Waals surface area contributed by atoms with Crippen LogP contribution in [0.1, 0.15) is 42.4 Å². The van der Waals surface area contributed by atoms with Crippen LogP contribution in [0.2, 0.25) is 5.02 Å². The molecule has 36 heavy (non-hydrogen) atoms. The zero-order valence-corrected chi connectivity index (χ0v) is 20.9. The molecular formula is C29H31ClF2N2O2. The predicted octanol–water partition coefficient (Wildman–Crippen LogP) is 5.29. The van der Waals surface area contributed by atoms with Crippen molar-refractivity contribution in [1.29, 1.82) is 0 Å². The van der Waals surface area contributed by atoms with Gasteiger partial charge in [0.1, 0.15) is 11.6 Å². The van der Waals surface area contributed by atoms with Gasteiger partial charge in [0.2, 0.25) is 5.91 Å². The monoisotopic (exact) mass is 512 g/mol. The van der Waals surface area contributed by atoms with Crippen LogP contribution in [0.15, 0.2) is 48.6 Å². The van der Waals surface area contributed by atoms with Crippen LogP contribution in [0.4, 0.5) is 8.78 Å². The van der Waals surface area contributed by atoms with Crippen LogP contribution in [0.3, 0.4) is 0 Å². The number of hydrogen-bond acceptors (Lipinski definition) is 3. The van der Waals surface area contributed by atoms with E-state index in [2.05, 4.69) is 23.1 Å². The van der Waals surface area contributed by atoms with Crippen LogP contribution < -0.4 is 0 Å². The molecule has 2 heterocycles. The molecule has 7 heteroatoms. The number of hydrogen-bond donors (Lipinski definition) is 1. The minimum absolute atomic E-state index is 0.0812. The zero-order valence-electron chi connectivity index (χ0n) is 20.2. The van der Waals surface area contributed by atoms with Gasteiger partial charge in [0.25, 0.3) is 0 Å². The molecule has 2 aromatic rings. The summed E-state index contributed by atoms with van der Waals surface area (Å²) < 4.78 is 26.7. The van der Waals surface area contributed by atoms with Gasteiger partial charge >= 0.3 is 0 Å². The van der Waals surface area contributed by atoms with E-state index >= 15 is 0 Å². The molecule has 4 nitrogen and oxygen atoms in total. The first kappa shape index (κ1) is 25.1. The van der Waals surface area contributed by atoms with E-state index in [0.717, 1.165) is 49.9 Å². The topological polar surface area (TPSA) is 43.8 Å². The molecule has 1 N–H and O–H groups in total. The van der Waals surface area contributed by atoms with E-state index in [1.165, 1.54) is 35.4 Å². The predicted molar refractivity (Wildman–Crippen MR) is 139 cm³/mol. The number of rotatable bonds is 5. The molecule has 190 valence electrons. The third kappa shape index (κ3) is 5.41. The zero-order chi connectivity index (χ0) is 25.3. The molecule has 5 rings (SSSR count). The van der Waals surface area contributed by atoms with Gasteiger partial charge in [0.05, 0.1) is 6.10 Å². The van der Waals surface area contributed by atoms with Crippen LogP contribution in [0, 0.1) is 17.6 Å².